The van der Waals surface area contributed by atoms with Crippen LogP contribution < -0.4 is 14.0 Å². The molecule has 10 nitrogen and oxygen atoms in total. The van der Waals surface area contributed by atoms with Crippen molar-refractivity contribution in [1.82, 2.24) is 4.90 Å². The van der Waals surface area contributed by atoms with Gasteiger partial charge in [-0.05, 0) is 81.7 Å². The van der Waals surface area contributed by atoms with E-state index in [1.54, 1.807) is 26.0 Å². The maximum atomic E-state index is 14.1. The molecule has 0 saturated heterocycles. The number of aryl methyl sites for hydroxylation is 3. The Morgan fingerprint density at radius 1 is 0.911 bits per heavy atom. The van der Waals surface area contributed by atoms with Gasteiger partial charge in [-0.3, -0.25) is 4.55 Å². The zero-order valence-corrected chi connectivity index (χ0v) is 27.3. The molecule has 0 fully saturated rings. The third-order valence-electron chi connectivity index (χ3n) is 7.61. The number of methoxy groups -OCH3 is 1. The topological polar surface area (TPSA) is 123 Å². The number of hydrogen-bond acceptors (Lipinski definition) is 8. The third kappa shape index (κ3) is 8.36. The number of nitrogens with zero attached hydrogens (tertiary/aromatic N) is 2. The van der Waals surface area contributed by atoms with Crippen LogP contribution in [0.5, 0.6) is 11.5 Å². The lowest BCUT2D eigenvalue weighted by Crippen LogP contribution is -2.36. The number of fused-ring (bicyclic) bond motifs is 2. The molecule has 11 heteroatoms. The van der Waals surface area contributed by atoms with Crippen molar-refractivity contribution in [3.05, 3.63) is 76.9 Å². The Labute approximate surface area is 264 Å². The van der Waals surface area contributed by atoms with Crippen LogP contribution in [0.1, 0.15) is 58.0 Å². The molecule has 0 radical (unpaired) electrons. The summed E-state index contributed by atoms with van der Waals surface area (Å²) < 4.78 is 50.1. The summed E-state index contributed by atoms with van der Waals surface area (Å²) in [6.07, 6.45) is 1.94. The van der Waals surface area contributed by atoms with Crippen molar-refractivity contribution in [3.63, 3.8) is 0 Å². The van der Waals surface area contributed by atoms with E-state index in [0.29, 0.717) is 71.7 Å². The number of aromatic nitrogens is 1. The van der Waals surface area contributed by atoms with Gasteiger partial charge in [-0.25, -0.2) is 9.59 Å². The van der Waals surface area contributed by atoms with Gasteiger partial charge in [0.2, 0.25) is 11.0 Å². The predicted octanol–water partition coefficient (Wildman–Crippen LogP) is 5.29. The first kappa shape index (κ1) is 33.8. The Hall–Kier alpha value is -4.06. The van der Waals surface area contributed by atoms with Crippen LogP contribution in [0.15, 0.2) is 54.6 Å². The molecule has 4 rings (SSSR count). The summed E-state index contributed by atoms with van der Waals surface area (Å²) in [6, 6.07) is 16.8. The molecule has 4 aromatic rings. The summed E-state index contributed by atoms with van der Waals surface area (Å²) in [5.41, 5.74) is 3.88. The highest BCUT2D eigenvalue weighted by atomic mass is 32.2. The van der Waals surface area contributed by atoms with E-state index < -0.39 is 22.1 Å². The number of esters is 2. The largest absolute Gasteiger partial charge is 0.494 e. The van der Waals surface area contributed by atoms with E-state index in [1.165, 1.54) is 7.11 Å². The molecule has 0 unspecified atom stereocenters. The van der Waals surface area contributed by atoms with E-state index in [1.807, 2.05) is 54.4 Å². The highest BCUT2D eigenvalue weighted by Gasteiger charge is 2.27. The molecule has 3 aromatic carbocycles. The Morgan fingerprint density at radius 2 is 1.58 bits per heavy atom. The second kappa shape index (κ2) is 14.8. The van der Waals surface area contributed by atoms with Crippen molar-refractivity contribution in [3.8, 4) is 11.5 Å². The Bertz CT molecular complexity index is 1800. The summed E-state index contributed by atoms with van der Waals surface area (Å²) in [5.74, 6) is -0.237. The van der Waals surface area contributed by atoms with E-state index in [0.717, 1.165) is 29.4 Å². The Morgan fingerprint density at radius 3 is 2.24 bits per heavy atom. The van der Waals surface area contributed by atoms with Gasteiger partial charge in [0.1, 0.15) is 18.0 Å². The van der Waals surface area contributed by atoms with Crippen molar-refractivity contribution in [2.24, 2.45) is 0 Å². The number of carbonyl (C=O) groups is 2. The van der Waals surface area contributed by atoms with E-state index in [9.17, 15) is 18.0 Å². The molecular weight excluding hydrogens is 596 g/mol. The van der Waals surface area contributed by atoms with Gasteiger partial charge >= 0.3 is 11.9 Å². The molecule has 0 atom stereocenters. The molecule has 0 saturated carbocycles. The first-order valence-electron chi connectivity index (χ1n) is 15.0. The first-order valence-corrected chi connectivity index (χ1v) is 16.6. The number of ether oxygens (including phenoxy) is 3. The van der Waals surface area contributed by atoms with Crippen molar-refractivity contribution in [2.45, 2.75) is 46.6 Å². The summed E-state index contributed by atoms with van der Waals surface area (Å²) in [5, 5.41) is 1.46. The highest BCUT2D eigenvalue weighted by Crippen LogP contribution is 2.32. The molecule has 0 spiro atoms. The summed E-state index contributed by atoms with van der Waals surface area (Å²) in [4.78, 5) is 28.2. The van der Waals surface area contributed by atoms with Gasteiger partial charge in [0.25, 0.3) is 10.1 Å². The molecule has 240 valence electrons. The minimum absolute atomic E-state index is 0.264. The number of pyridine rings is 1. The van der Waals surface area contributed by atoms with Gasteiger partial charge in [-0.15, -0.1) is 0 Å². The van der Waals surface area contributed by atoms with Crippen LogP contribution in [-0.2, 0) is 21.4 Å². The smallest absolute Gasteiger partial charge is 0.345 e. The SMILES string of the molecule is CCC[n+]1c2ccccc2c(C(=O)Oc2c(C)cc(C(=O)OC)cc2C)c2cc(OCCCN(C)CCCS(=O)(=O)O)ccc21. The number of para-hydroxylation sites is 1. The van der Waals surface area contributed by atoms with Gasteiger partial charge in [-0.2, -0.15) is 13.0 Å². The molecule has 1 aromatic heterocycles. The lowest BCUT2D eigenvalue weighted by Gasteiger charge is -2.17. The van der Waals surface area contributed by atoms with E-state index in [2.05, 4.69) is 11.5 Å². The van der Waals surface area contributed by atoms with Gasteiger partial charge in [0.05, 0.1) is 41.4 Å². The molecule has 1 heterocycles. The lowest BCUT2D eigenvalue weighted by atomic mass is 10.0. The van der Waals surface area contributed by atoms with E-state index in [-0.39, 0.29) is 5.75 Å². The van der Waals surface area contributed by atoms with E-state index >= 15 is 0 Å². The predicted molar refractivity (Wildman–Crippen MR) is 173 cm³/mol. The molecule has 1 N–H and O–H groups in total. The van der Waals surface area contributed by atoms with Crippen LogP contribution in [0, 0.1) is 13.8 Å². The quantitative estimate of drug-likeness (QED) is 0.0491. The van der Waals surface area contributed by atoms with Crippen LogP contribution >= 0.6 is 0 Å². The summed E-state index contributed by atoms with van der Waals surface area (Å²) in [6.45, 7) is 8.08. The number of hydrogen-bond donors (Lipinski definition) is 1. The molecule has 0 amide bonds. The van der Waals surface area contributed by atoms with Crippen molar-refractivity contribution in [2.75, 3.05) is 39.6 Å². The van der Waals surface area contributed by atoms with Gasteiger partial charge in [0.15, 0.2) is 0 Å². The second-order valence-corrected chi connectivity index (χ2v) is 12.8. The zero-order chi connectivity index (χ0) is 32.7. The highest BCUT2D eigenvalue weighted by molar-refractivity contribution is 7.85. The van der Waals surface area contributed by atoms with E-state index in [4.69, 9.17) is 18.8 Å². The maximum absolute atomic E-state index is 14.1. The fraction of sp³-hybridized carbons (Fsp3) is 0.382. The summed E-state index contributed by atoms with van der Waals surface area (Å²) >= 11 is 0. The molecule has 45 heavy (non-hydrogen) atoms. The maximum Gasteiger partial charge on any atom is 0.345 e. The monoisotopic (exact) mass is 637 g/mol. The number of carbonyl (C=O) groups excluding carboxylic acids is 2. The lowest BCUT2D eigenvalue weighted by molar-refractivity contribution is -0.645. The zero-order valence-electron chi connectivity index (χ0n) is 26.5. The molecule has 0 aliphatic carbocycles. The van der Waals surface area contributed by atoms with Crippen LogP contribution in [0.25, 0.3) is 21.8 Å². The fourth-order valence-corrected chi connectivity index (χ4v) is 6.06. The van der Waals surface area contributed by atoms with Crippen LogP contribution in [0.2, 0.25) is 0 Å². The van der Waals surface area contributed by atoms with Crippen molar-refractivity contribution < 1.29 is 41.3 Å². The molecule has 0 bridgehead atoms. The molecule has 0 aliphatic rings. The van der Waals surface area contributed by atoms with Crippen molar-refractivity contribution in [1.29, 1.82) is 0 Å². The van der Waals surface area contributed by atoms with Crippen molar-refractivity contribution >= 4 is 43.9 Å². The molecular formula is C34H41N2O8S+. The first-order chi connectivity index (χ1) is 21.4. The van der Waals surface area contributed by atoms with Crippen LogP contribution in [-0.4, -0.2) is 69.4 Å². The van der Waals surface area contributed by atoms with Crippen LogP contribution in [0.4, 0.5) is 0 Å². The fourth-order valence-electron chi connectivity index (χ4n) is 5.56. The van der Waals surface area contributed by atoms with Crippen LogP contribution in [0.3, 0.4) is 0 Å². The van der Waals surface area contributed by atoms with Gasteiger partial charge in [0, 0.05) is 25.1 Å². The normalized spacial score (nSPS) is 11.7. The van der Waals surface area contributed by atoms with Gasteiger partial charge < -0.3 is 19.1 Å². The minimum Gasteiger partial charge on any atom is -0.494 e. The number of rotatable bonds is 14. The molecule has 0 aliphatic heterocycles. The average Bonchev–Trinajstić information content (AvgIpc) is 2.99. The summed E-state index contributed by atoms with van der Waals surface area (Å²) in [7, 11) is -0.745. The number of benzene rings is 3. The average molecular weight is 638 g/mol. The van der Waals surface area contributed by atoms with Gasteiger partial charge in [-0.1, -0.05) is 19.1 Å². The standard InChI is InChI=1S/C34H40N2O8S/c1-6-15-36-29-12-8-7-11-27(29)31(34(38)44-32-23(2)20-25(21-24(32)3)33(37)42-5)28-22-26(13-14-30(28)36)43-18-9-16-35(4)17-10-19-45(39,40)41/h7-8,11-14,20-22H,6,9-10,15-19H2,1-5H3/p+1. The third-order valence-corrected chi connectivity index (χ3v) is 8.42. The Kier molecular flexibility index (Phi) is 11.1. The minimum atomic E-state index is -3.96. The second-order valence-electron chi connectivity index (χ2n) is 11.2. The Balaban J connectivity index is 1.65.